The van der Waals surface area contributed by atoms with Crippen molar-refractivity contribution in [1.82, 2.24) is 0 Å². The minimum Gasteiger partial charge on any atom is -0.476 e. The number of rotatable bonds is 6. The first-order valence-electron chi connectivity index (χ1n) is 9.80. The lowest BCUT2D eigenvalue weighted by Crippen LogP contribution is -2.43. The number of ketones is 1. The van der Waals surface area contributed by atoms with Crippen LogP contribution in [0, 0.1) is 13.8 Å². The summed E-state index contributed by atoms with van der Waals surface area (Å²) >= 11 is 5.87. The summed E-state index contributed by atoms with van der Waals surface area (Å²) in [5.41, 5.74) is 1.45. The number of aryl methyl sites for hydroxylation is 2. The number of carbonyl (C=O) groups excluding carboxylic acids is 2. The molecule has 5 heteroatoms. The van der Waals surface area contributed by atoms with Gasteiger partial charge in [0, 0.05) is 10.6 Å². The molecule has 0 heterocycles. The highest BCUT2D eigenvalue weighted by molar-refractivity contribution is 6.30. The van der Waals surface area contributed by atoms with Crippen LogP contribution in [0.15, 0.2) is 42.5 Å². The van der Waals surface area contributed by atoms with E-state index in [2.05, 4.69) is 0 Å². The average molecular weight is 429 g/mol. The molecule has 0 aromatic heterocycles. The maximum atomic E-state index is 12.5. The number of benzene rings is 2. The van der Waals surface area contributed by atoms with E-state index in [1.165, 1.54) is 6.08 Å². The Morgan fingerprint density at radius 3 is 1.97 bits per heavy atom. The van der Waals surface area contributed by atoms with Crippen molar-refractivity contribution in [2.45, 2.75) is 59.7 Å². The van der Waals surface area contributed by atoms with Crippen LogP contribution in [0.1, 0.15) is 61.7 Å². The van der Waals surface area contributed by atoms with Crippen molar-refractivity contribution in [2.24, 2.45) is 0 Å². The molecule has 160 valence electrons. The van der Waals surface area contributed by atoms with Crippen LogP contribution in [0.4, 0.5) is 0 Å². The van der Waals surface area contributed by atoms with E-state index in [9.17, 15) is 9.59 Å². The fourth-order valence-corrected chi connectivity index (χ4v) is 2.95. The third-order valence-corrected chi connectivity index (χ3v) is 4.54. The van der Waals surface area contributed by atoms with Gasteiger partial charge < -0.3 is 9.47 Å². The van der Waals surface area contributed by atoms with Crippen molar-refractivity contribution in [3.63, 3.8) is 0 Å². The SMILES string of the molecule is Cc1cc(C=CC(=O)c2ccc(Cl)cc2)cc(C)c1OC(C)(C)C(=O)OC(C)(C)C. The van der Waals surface area contributed by atoms with Crippen LogP contribution in [0.3, 0.4) is 0 Å². The van der Waals surface area contributed by atoms with E-state index >= 15 is 0 Å². The van der Waals surface area contributed by atoms with Gasteiger partial charge in [-0.05, 0) is 108 Å². The van der Waals surface area contributed by atoms with E-state index in [0.717, 1.165) is 16.7 Å². The van der Waals surface area contributed by atoms with Crippen molar-refractivity contribution >= 4 is 29.4 Å². The molecular formula is C25H29ClO4. The summed E-state index contributed by atoms with van der Waals surface area (Å²) < 4.78 is 11.5. The van der Waals surface area contributed by atoms with Gasteiger partial charge in [0.25, 0.3) is 0 Å². The molecule has 2 aromatic rings. The molecule has 0 fully saturated rings. The molecule has 0 saturated heterocycles. The minimum absolute atomic E-state index is 0.103. The number of hydrogen-bond donors (Lipinski definition) is 0. The molecule has 0 amide bonds. The Kier molecular flexibility index (Phi) is 7.14. The molecule has 0 atom stereocenters. The molecule has 0 N–H and O–H groups in total. The van der Waals surface area contributed by atoms with Gasteiger partial charge in [0.05, 0.1) is 0 Å². The second-order valence-corrected chi connectivity index (χ2v) is 9.24. The van der Waals surface area contributed by atoms with Crippen molar-refractivity contribution in [3.05, 3.63) is 69.8 Å². The van der Waals surface area contributed by atoms with Crippen molar-refractivity contribution in [1.29, 1.82) is 0 Å². The van der Waals surface area contributed by atoms with E-state index in [1.54, 1.807) is 44.2 Å². The maximum Gasteiger partial charge on any atom is 0.350 e. The van der Waals surface area contributed by atoms with Crippen LogP contribution < -0.4 is 4.74 Å². The zero-order chi connectivity index (χ0) is 22.7. The first-order valence-corrected chi connectivity index (χ1v) is 10.2. The minimum atomic E-state index is -1.13. The standard InChI is InChI=1S/C25H29ClO4/c1-16-14-18(8-13-21(27)19-9-11-20(26)12-10-19)15-17(2)22(16)29-25(6,7)23(28)30-24(3,4)5/h8-15H,1-7H3. The molecule has 30 heavy (non-hydrogen) atoms. The maximum absolute atomic E-state index is 12.5. The van der Waals surface area contributed by atoms with Crippen LogP contribution >= 0.6 is 11.6 Å². The van der Waals surface area contributed by atoms with Crippen LogP contribution in [-0.2, 0) is 9.53 Å². The topological polar surface area (TPSA) is 52.6 Å². The smallest absolute Gasteiger partial charge is 0.350 e. The molecule has 0 aliphatic carbocycles. The monoisotopic (exact) mass is 428 g/mol. The van der Waals surface area contributed by atoms with E-state index in [4.69, 9.17) is 21.1 Å². The highest BCUT2D eigenvalue weighted by Crippen LogP contribution is 2.30. The Bertz CT molecular complexity index is 941. The molecule has 2 aromatic carbocycles. The van der Waals surface area contributed by atoms with Crippen molar-refractivity contribution in [3.8, 4) is 5.75 Å². The first-order chi connectivity index (χ1) is 13.8. The zero-order valence-corrected chi connectivity index (χ0v) is 19.4. The number of hydrogen-bond acceptors (Lipinski definition) is 4. The van der Waals surface area contributed by atoms with Gasteiger partial charge in [-0.2, -0.15) is 0 Å². The molecule has 0 radical (unpaired) electrons. The van der Waals surface area contributed by atoms with Gasteiger partial charge in [-0.3, -0.25) is 4.79 Å². The molecule has 2 rings (SSSR count). The Labute approximate surface area is 183 Å². The van der Waals surface area contributed by atoms with Crippen LogP contribution in [0.25, 0.3) is 6.08 Å². The van der Waals surface area contributed by atoms with E-state index in [0.29, 0.717) is 16.3 Å². The van der Waals surface area contributed by atoms with E-state index in [-0.39, 0.29) is 5.78 Å². The fourth-order valence-electron chi connectivity index (χ4n) is 2.82. The van der Waals surface area contributed by atoms with Crippen molar-refractivity contribution < 1.29 is 19.1 Å². The third kappa shape index (κ3) is 6.46. The van der Waals surface area contributed by atoms with Crippen LogP contribution in [-0.4, -0.2) is 23.0 Å². The lowest BCUT2D eigenvalue weighted by atomic mass is 10.0. The predicted molar refractivity (Wildman–Crippen MR) is 121 cm³/mol. The highest BCUT2D eigenvalue weighted by Gasteiger charge is 2.35. The largest absolute Gasteiger partial charge is 0.476 e. The first kappa shape index (κ1) is 23.7. The molecule has 0 aliphatic rings. The summed E-state index contributed by atoms with van der Waals surface area (Å²) in [6.07, 6.45) is 3.29. The summed E-state index contributed by atoms with van der Waals surface area (Å²) in [7, 11) is 0. The fraction of sp³-hybridized carbons (Fsp3) is 0.360. The predicted octanol–water partition coefficient (Wildman–Crippen LogP) is 6.35. The van der Waals surface area contributed by atoms with Crippen molar-refractivity contribution in [2.75, 3.05) is 0 Å². The van der Waals surface area contributed by atoms with Gasteiger partial charge >= 0.3 is 5.97 Å². The summed E-state index contributed by atoms with van der Waals surface area (Å²) in [5.74, 6) is 0.103. The number of halogens is 1. The summed E-state index contributed by atoms with van der Waals surface area (Å²) in [4.78, 5) is 24.8. The van der Waals surface area contributed by atoms with Crippen LogP contribution in [0.5, 0.6) is 5.75 Å². The molecule has 0 spiro atoms. The van der Waals surface area contributed by atoms with Gasteiger partial charge in [-0.15, -0.1) is 0 Å². The molecule has 4 nitrogen and oxygen atoms in total. The summed E-state index contributed by atoms with van der Waals surface area (Å²) in [5, 5.41) is 0.590. The Morgan fingerprint density at radius 2 is 1.47 bits per heavy atom. The normalized spacial score (nSPS) is 12.1. The highest BCUT2D eigenvalue weighted by atomic mass is 35.5. The number of allylic oxidation sites excluding steroid dienone is 1. The number of carbonyl (C=O) groups is 2. The Morgan fingerprint density at radius 1 is 0.933 bits per heavy atom. The van der Waals surface area contributed by atoms with Gasteiger partial charge in [0.15, 0.2) is 11.4 Å². The van der Waals surface area contributed by atoms with Gasteiger partial charge in [-0.25, -0.2) is 4.79 Å². The number of ether oxygens (including phenoxy) is 2. The van der Waals surface area contributed by atoms with Crippen LogP contribution in [0.2, 0.25) is 5.02 Å². The lowest BCUT2D eigenvalue weighted by Gasteiger charge is -2.30. The second kappa shape index (κ2) is 9.05. The van der Waals surface area contributed by atoms with Gasteiger partial charge in [0.1, 0.15) is 11.4 Å². The quantitative estimate of drug-likeness (QED) is 0.305. The molecular weight excluding hydrogens is 400 g/mol. The second-order valence-electron chi connectivity index (χ2n) is 8.80. The van der Waals surface area contributed by atoms with Gasteiger partial charge in [0.2, 0.25) is 0 Å². The molecule has 0 saturated carbocycles. The lowest BCUT2D eigenvalue weighted by molar-refractivity contribution is -0.171. The Hall–Kier alpha value is -2.59. The summed E-state index contributed by atoms with van der Waals surface area (Å²) in [6.45, 7) is 12.7. The molecule has 0 bridgehead atoms. The molecule has 0 aliphatic heterocycles. The zero-order valence-electron chi connectivity index (χ0n) is 18.6. The number of esters is 1. The van der Waals surface area contributed by atoms with Gasteiger partial charge in [-0.1, -0.05) is 17.7 Å². The molecule has 0 unspecified atom stereocenters. The Balaban J connectivity index is 2.19. The third-order valence-electron chi connectivity index (χ3n) is 4.29. The average Bonchev–Trinajstić information content (AvgIpc) is 2.62. The van der Waals surface area contributed by atoms with E-state index in [1.807, 2.05) is 46.8 Å². The summed E-state index contributed by atoms with van der Waals surface area (Å²) in [6, 6.07) is 10.6. The van der Waals surface area contributed by atoms with E-state index < -0.39 is 17.2 Å².